The van der Waals surface area contributed by atoms with Crippen molar-refractivity contribution < 1.29 is 9.90 Å². The third-order valence-corrected chi connectivity index (χ3v) is 2.15. The van der Waals surface area contributed by atoms with Crippen molar-refractivity contribution in [2.24, 2.45) is 0 Å². The van der Waals surface area contributed by atoms with Crippen LogP contribution >= 0.6 is 15.9 Å². The van der Waals surface area contributed by atoms with Crippen LogP contribution in [0.1, 0.15) is 32.6 Å². The van der Waals surface area contributed by atoms with Crippen molar-refractivity contribution in [3.05, 3.63) is 0 Å². The van der Waals surface area contributed by atoms with Gasteiger partial charge in [0.25, 0.3) is 0 Å². The Morgan fingerprint density at radius 3 is 2.50 bits per heavy atom. The van der Waals surface area contributed by atoms with Crippen molar-refractivity contribution in [3.8, 4) is 0 Å². The quantitative estimate of drug-likeness (QED) is 0.504. The molecule has 0 heterocycles. The molecule has 1 atom stereocenters. The van der Waals surface area contributed by atoms with Gasteiger partial charge in [0, 0.05) is 0 Å². The van der Waals surface area contributed by atoms with Crippen LogP contribution < -0.4 is 0 Å². The predicted molar refractivity (Wildman–Crippen MR) is 42.6 cm³/mol. The lowest BCUT2D eigenvalue weighted by atomic mass is 10.2. The Morgan fingerprint density at radius 2 is 2.10 bits per heavy atom. The van der Waals surface area contributed by atoms with Gasteiger partial charge in [0.05, 0.1) is 0 Å². The Kier molecular flexibility index (Phi) is 5.69. The summed E-state index contributed by atoms with van der Waals surface area (Å²) in [6.07, 6.45) is 3.85. The molecule has 0 aliphatic rings. The molecule has 0 aliphatic heterocycles. The van der Waals surface area contributed by atoms with Crippen LogP contribution in [-0.2, 0) is 9.90 Å². The second-order valence-corrected chi connectivity index (χ2v) is 3.39. The van der Waals surface area contributed by atoms with E-state index in [0.717, 1.165) is 19.3 Å². The molecular formula is C7H12BrO2. The molecule has 0 aromatic carbocycles. The number of carbonyl (C=O) groups excluding carboxylic acids is 1. The van der Waals surface area contributed by atoms with Crippen LogP contribution in [0.3, 0.4) is 0 Å². The van der Waals surface area contributed by atoms with E-state index in [0.29, 0.717) is 6.42 Å². The lowest BCUT2D eigenvalue weighted by Crippen LogP contribution is -2.10. The smallest absolute Gasteiger partial charge is 0.246 e. The Hall–Kier alpha value is -0.0500. The molecule has 3 heteroatoms. The SMILES string of the molecule is CCCCCC(Br)C([O])=O. The molecule has 0 N–H and O–H groups in total. The maximum Gasteiger partial charge on any atom is 0.369 e. The molecule has 0 fully saturated rings. The fourth-order valence-corrected chi connectivity index (χ4v) is 1.02. The highest BCUT2D eigenvalue weighted by molar-refractivity contribution is 9.10. The summed E-state index contributed by atoms with van der Waals surface area (Å²) in [5.74, 6) is -1.00. The fraction of sp³-hybridized carbons (Fsp3) is 0.857. The standard InChI is InChI=1S/C7H12BrO2/c1-2-3-4-5-6(8)7(9)10/h6H,2-5H2,1H3. The van der Waals surface area contributed by atoms with E-state index in [1.165, 1.54) is 0 Å². The van der Waals surface area contributed by atoms with Crippen molar-refractivity contribution in [3.63, 3.8) is 0 Å². The minimum Gasteiger partial charge on any atom is -0.246 e. The summed E-state index contributed by atoms with van der Waals surface area (Å²) >= 11 is 3.01. The van der Waals surface area contributed by atoms with E-state index >= 15 is 0 Å². The molecule has 0 rings (SSSR count). The van der Waals surface area contributed by atoms with Crippen molar-refractivity contribution in [1.29, 1.82) is 0 Å². The van der Waals surface area contributed by atoms with Gasteiger partial charge >= 0.3 is 5.97 Å². The zero-order valence-corrected chi connectivity index (χ0v) is 7.69. The van der Waals surface area contributed by atoms with Gasteiger partial charge in [-0.25, -0.2) is 9.90 Å². The van der Waals surface area contributed by atoms with Gasteiger partial charge in [0.2, 0.25) is 0 Å². The molecular weight excluding hydrogens is 196 g/mol. The highest BCUT2D eigenvalue weighted by Gasteiger charge is 2.13. The summed E-state index contributed by atoms with van der Waals surface area (Å²) in [6, 6.07) is 0. The van der Waals surface area contributed by atoms with Crippen LogP contribution in [0.25, 0.3) is 0 Å². The van der Waals surface area contributed by atoms with Crippen LogP contribution in [0, 0.1) is 0 Å². The summed E-state index contributed by atoms with van der Waals surface area (Å²) in [5, 5.41) is 10.1. The predicted octanol–water partition coefficient (Wildman–Crippen LogP) is 2.29. The second kappa shape index (κ2) is 5.71. The van der Waals surface area contributed by atoms with Crippen LogP contribution in [0.5, 0.6) is 0 Å². The van der Waals surface area contributed by atoms with E-state index < -0.39 is 10.8 Å². The van der Waals surface area contributed by atoms with E-state index in [4.69, 9.17) is 0 Å². The Morgan fingerprint density at radius 1 is 1.50 bits per heavy atom. The molecule has 0 aromatic rings. The number of alkyl halides is 1. The zero-order valence-electron chi connectivity index (χ0n) is 6.10. The van der Waals surface area contributed by atoms with E-state index in [9.17, 15) is 9.90 Å². The molecule has 0 spiro atoms. The van der Waals surface area contributed by atoms with E-state index in [-0.39, 0.29) is 0 Å². The molecule has 0 saturated carbocycles. The average Bonchev–Trinajstić information content (AvgIpc) is 1.88. The molecule has 10 heavy (non-hydrogen) atoms. The van der Waals surface area contributed by atoms with Gasteiger partial charge in [-0.05, 0) is 6.42 Å². The monoisotopic (exact) mass is 207 g/mol. The zero-order chi connectivity index (χ0) is 7.98. The first-order chi connectivity index (χ1) is 4.68. The van der Waals surface area contributed by atoms with Crippen LogP contribution in [-0.4, -0.2) is 10.8 Å². The van der Waals surface area contributed by atoms with Gasteiger partial charge in [-0.2, -0.15) is 0 Å². The molecule has 1 unspecified atom stereocenters. The Labute approximate surface area is 69.8 Å². The van der Waals surface area contributed by atoms with Gasteiger partial charge in [-0.3, -0.25) is 0 Å². The van der Waals surface area contributed by atoms with Gasteiger partial charge in [0.15, 0.2) is 0 Å². The third kappa shape index (κ3) is 4.79. The van der Waals surface area contributed by atoms with Gasteiger partial charge in [-0.1, -0.05) is 42.1 Å². The molecule has 0 bridgehead atoms. The van der Waals surface area contributed by atoms with Crippen LogP contribution in [0.4, 0.5) is 0 Å². The number of hydrogen-bond acceptors (Lipinski definition) is 1. The fourth-order valence-electron chi connectivity index (χ4n) is 0.691. The molecule has 0 aromatic heterocycles. The highest BCUT2D eigenvalue weighted by Crippen LogP contribution is 2.10. The van der Waals surface area contributed by atoms with Crippen molar-refractivity contribution in [1.82, 2.24) is 0 Å². The largest absolute Gasteiger partial charge is 0.369 e. The molecule has 2 nitrogen and oxygen atoms in total. The van der Waals surface area contributed by atoms with Crippen molar-refractivity contribution in [2.45, 2.75) is 37.4 Å². The molecule has 0 aliphatic carbocycles. The minimum atomic E-state index is -1.00. The first-order valence-electron chi connectivity index (χ1n) is 3.53. The lowest BCUT2D eigenvalue weighted by Gasteiger charge is -1.99. The van der Waals surface area contributed by atoms with Gasteiger partial charge < -0.3 is 0 Å². The lowest BCUT2D eigenvalue weighted by molar-refractivity contribution is -0.142. The number of unbranched alkanes of at least 4 members (excludes halogenated alkanes) is 2. The number of carbonyl (C=O) groups is 1. The molecule has 59 valence electrons. The summed E-state index contributed by atoms with van der Waals surface area (Å²) in [7, 11) is 0. The highest BCUT2D eigenvalue weighted by atomic mass is 79.9. The second-order valence-electron chi connectivity index (χ2n) is 2.28. The van der Waals surface area contributed by atoms with Crippen LogP contribution in [0.15, 0.2) is 0 Å². The maximum atomic E-state index is 10.1. The summed E-state index contributed by atoms with van der Waals surface area (Å²) in [4.78, 5) is 9.68. The first kappa shape index (κ1) is 9.95. The number of halogens is 1. The normalized spacial score (nSPS) is 13.0. The summed E-state index contributed by atoms with van der Waals surface area (Å²) in [5.41, 5.74) is 0. The average molecular weight is 208 g/mol. The van der Waals surface area contributed by atoms with Gasteiger partial charge in [0.1, 0.15) is 4.83 Å². The number of hydrogen-bond donors (Lipinski definition) is 0. The van der Waals surface area contributed by atoms with Crippen molar-refractivity contribution >= 4 is 21.9 Å². The number of rotatable bonds is 5. The summed E-state index contributed by atoms with van der Waals surface area (Å²) < 4.78 is 0. The molecule has 1 radical (unpaired) electrons. The van der Waals surface area contributed by atoms with Gasteiger partial charge in [-0.15, -0.1) is 0 Å². The summed E-state index contributed by atoms with van der Waals surface area (Å²) in [6.45, 7) is 2.09. The topological polar surface area (TPSA) is 37.0 Å². The maximum absolute atomic E-state index is 10.1. The van der Waals surface area contributed by atoms with E-state index in [1.807, 2.05) is 0 Å². The van der Waals surface area contributed by atoms with E-state index in [1.54, 1.807) is 0 Å². The first-order valence-corrected chi connectivity index (χ1v) is 4.45. The van der Waals surface area contributed by atoms with E-state index in [2.05, 4.69) is 22.9 Å². The molecule has 0 amide bonds. The van der Waals surface area contributed by atoms with Crippen molar-refractivity contribution in [2.75, 3.05) is 0 Å². The third-order valence-electron chi connectivity index (χ3n) is 1.32. The minimum absolute atomic E-state index is 0.459. The Balaban J connectivity index is 3.21. The molecule has 0 saturated heterocycles. The van der Waals surface area contributed by atoms with Crippen LogP contribution in [0.2, 0.25) is 0 Å². The Bertz CT molecular complexity index is 104.